The number of thioether (sulfide) groups is 1. The molecule has 0 unspecified atom stereocenters. The molecule has 0 aliphatic rings. The van der Waals surface area contributed by atoms with Gasteiger partial charge in [-0.2, -0.15) is 0 Å². The molecule has 0 atom stereocenters. The lowest BCUT2D eigenvalue weighted by Crippen LogP contribution is -1.77. The van der Waals surface area contributed by atoms with Crippen LogP contribution in [0.1, 0.15) is 5.69 Å². The van der Waals surface area contributed by atoms with Gasteiger partial charge in [0.25, 0.3) is 0 Å². The van der Waals surface area contributed by atoms with E-state index < -0.39 is 0 Å². The number of benzene rings is 1. The maximum Gasteiger partial charge on any atom is 0.125 e. The molecule has 2 rings (SSSR count). The molecular formula is C11H10ClNS2. The van der Waals surface area contributed by atoms with Crippen LogP contribution in [0.5, 0.6) is 0 Å². The van der Waals surface area contributed by atoms with Crippen molar-refractivity contribution in [3.8, 4) is 10.6 Å². The summed E-state index contributed by atoms with van der Waals surface area (Å²) in [5, 5.41) is 0.991. The SMILES string of the molecule is CSc1ccc(-c2nc(C)c(Cl)s2)cc1. The lowest BCUT2D eigenvalue weighted by atomic mass is 10.2. The predicted octanol–water partition coefficient (Wildman–Crippen LogP) is 4.49. The lowest BCUT2D eigenvalue weighted by molar-refractivity contribution is 1.27. The van der Waals surface area contributed by atoms with Crippen LogP contribution in [0.25, 0.3) is 10.6 Å². The average molecular weight is 256 g/mol. The van der Waals surface area contributed by atoms with Gasteiger partial charge in [-0.3, -0.25) is 0 Å². The summed E-state index contributed by atoms with van der Waals surface area (Å²) in [7, 11) is 0. The molecule has 15 heavy (non-hydrogen) atoms. The summed E-state index contributed by atoms with van der Waals surface area (Å²) in [6.07, 6.45) is 2.07. The van der Waals surface area contributed by atoms with E-state index in [1.807, 2.05) is 6.92 Å². The molecule has 1 aromatic heterocycles. The topological polar surface area (TPSA) is 12.9 Å². The first kappa shape index (κ1) is 11.0. The van der Waals surface area contributed by atoms with Crippen molar-refractivity contribution in [3.63, 3.8) is 0 Å². The van der Waals surface area contributed by atoms with E-state index in [0.29, 0.717) is 0 Å². The van der Waals surface area contributed by atoms with Crippen molar-refractivity contribution >= 4 is 34.7 Å². The van der Waals surface area contributed by atoms with Crippen molar-refractivity contribution in [1.82, 2.24) is 4.98 Å². The van der Waals surface area contributed by atoms with E-state index in [0.717, 1.165) is 20.6 Å². The first-order chi connectivity index (χ1) is 7.20. The number of hydrogen-bond donors (Lipinski definition) is 0. The molecule has 0 aliphatic heterocycles. The van der Waals surface area contributed by atoms with E-state index in [-0.39, 0.29) is 0 Å². The average Bonchev–Trinajstić information content (AvgIpc) is 2.59. The molecule has 1 heterocycles. The van der Waals surface area contributed by atoms with E-state index in [2.05, 4.69) is 35.5 Å². The number of thiazole rings is 1. The molecule has 0 bridgehead atoms. The molecule has 0 saturated heterocycles. The molecule has 0 radical (unpaired) electrons. The molecule has 0 fully saturated rings. The number of halogens is 1. The molecule has 2 aromatic rings. The van der Waals surface area contributed by atoms with Gasteiger partial charge in [-0.1, -0.05) is 23.7 Å². The van der Waals surface area contributed by atoms with Crippen LogP contribution in [0.3, 0.4) is 0 Å². The summed E-state index contributed by atoms with van der Waals surface area (Å²) in [5.74, 6) is 0. The zero-order chi connectivity index (χ0) is 10.8. The highest BCUT2D eigenvalue weighted by molar-refractivity contribution is 7.98. The third-order valence-electron chi connectivity index (χ3n) is 2.08. The van der Waals surface area contributed by atoms with Gasteiger partial charge in [-0.05, 0) is 25.3 Å². The van der Waals surface area contributed by atoms with E-state index in [1.54, 1.807) is 11.8 Å². The summed E-state index contributed by atoms with van der Waals surface area (Å²) in [5.41, 5.74) is 2.04. The third kappa shape index (κ3) is 2.36. The maximum absolute atomic E-state index is 5.99. The van der Waals surface area contributed by atoms with Crippen molar-refractivity contribution in [2.75, 3.05) is 6.26 Å². The molecule has 0 saturated carbocycles. The molecular weight excluding hydrogens is 246 g/mol. The molecule has 78 valence electrons. The molecule has 1 aromatic carbocycles. The highest BCUT2D eigenvalue weighted by Crippen LogP contribution is 2.31. The summed E-state index contributed by atoms with van der Waals surface area (Å²) < 4.78 is 0.777. The number of rotatable bonds is 2. The Kier molecular flexibility index (Phi) is 3.34. The van der Waals surface area contributed by atoms with E-state index in [1.165, 1.54) is 16.2 Å². The first-order valence-corrected chi connectivity index (χ1v) is 6.90. The van der Waals surface area contributed by atoms with Gasteiger partial charge in [0.2, 0.25) is 0 Å². The fraction of sp³-hybridized carbons (Fsp3) is 0.182. The largest absolute Gasteiger partial charge is 0.240 e. The first-order valence-electron chi connectivity index (χ1n) is 4.48. The highest BCUT2D eigenvalue weighted by Gasteiger charge is 2.06. The molecule has 0 N–H and O–H groups in total. The van der Waals surface area contributed by atoms with Gasteiger partial charge in [-0.25, -0.2) is 4.98 Å². The van der Waals surface area contributed by atoms with Gasteiger partial charge in [-0.15, -0.1) is 23.1 Å². The van der Waals surface area contributed by atoms with Crippen LogP contribution >= 0.6 is 34.7 Å². The zero-order valence-corrected chi connectivity index (χ0v) is 10.8. The van der Waals surface area contributed by atoms with Crippen molar-refractivity contribution < 1.29 is 0 Å². The minimum Gasteiger partial charge on any atom is -0.240 e. The summed E-state index contributed by atoms with van der Waals surface area (Å²) in [4.78, 5) is 5.68. The van der Waals surface area contributed by atoms with Gasteiger partial charge < -0.3 is 0 Å². The molecule has 4 heteroatoms. The van der Waals surface area contributed by atoms with Gasteiger partial charge >= 0.3 is 0 Å². The Labute approximate surface area is 103 Å². The zero-order valence-electron chi connectivity index (χ0n) is 8.45. The number of aryl methyl sites for hydroxylation is 1. The third-order valence-corrected chi connectivity index (χ3v) is 4.32. The van der Waals surface area contributed by atoms with E-state index in [4.69, 9.17) is 11.6 Å². The predicted molar refractivity (Wildman–Crippen MR) is 69.1 cm³/mol. The van der Waals surface area contributed by atoms with Crippen molar-refractivity contribution in [1.29, 1.82) is 0 Å². The second-order valence-corrected chi connectivity index (χ2v) is 5.59. The minimum absolute atomic E-state index is 0.777. The molecule has 0 aliphatic carbocycles. The smallest absolute Gasteiger partial charge is 0.125 e. The Balaban J connectivity index is 2.37. The summed E-state index contributed by atoms with van der Waals surface area (Å²) in [6.45, 7) is 1.93. The normalized spacial score (nSPS) is 10.6. The Morgan fingerprint density at radius 3 is 2.40 bits per heavy atom. The van der Waals surface area contributed by atoms with Crippen LogP contribution in [0, 0.1) is 6.92 Å². The second kappa shape index (κ2) is 4.56. The number of hydrogen-bond acceptors (Lipinski definition) is 3. The van der Waals surface area contributed by atoms with Gasteiger partial charge in [0.1, 0.15) is 9.34 Å². The minimum atomic E-state index is 0.777. The van der Waals surface area contributed by atoms with Crippen LogP contribution in [-0.2, 0) is 0 Å². The van der Waals surface area contributed by atoms with Gasteiger partial charge in [0.05, 0.1) is 5.69 Å². The Morgan fingerprint density at radius 1 is 1.27 bits per heavy atom. The van der Waals surface area contributed by atoms with Crippen molar-refractivity contribution in [3.05, 3.63) is 34.3 Å². The number of aromatic nitrogens is 1. The van der Waals surface area contributed by atoms with E-state index in [9.17, 15) is 0 Å². The second-order valence-electron chi connectivity index (χ2n) is 3.11. The fourth-order valence-electron chi connectivity index (χ4n) is 1.23. The van der Waals surface area contributed by atoms with Crippen LogP contribution in [0.4, 0.5) is 0 Å². The number of nitrogens with zero attached hydrogens (tertiary/aromatic N) is 1. The monoisotopic (exact) mass is 255 g/mol. The summed E-state index contributed by atoms with van der Waals surface area (Å²) >= 11 is 9.26. The van der Waals surface area contributed by atoms with Crippen LogP contribution in [0.15, 0.2) is 29.2 Å². The van der Waals surface area contributed by atoms with Crippen LogP contribution in [0.2, 0.25) is 4.34 Å². The lowest BCUT2D eigenvalue weighted by Gasteiger charge is -1.98. The maximum atomic E-state index is 5.99. The summed E-state index contributed by atoms with van der Waals surface area (Å²) in [6, 6.07) is 8.37. The van der Waals surface area contributed by atoms with Crippen molar-refractivity contribution in [2.45, 2.75) is 11.8 Å². The highest BCUT2D eigenvalue weighted by atomic mass is 35.5. The molecule has 0 spiro atoms. The van der Waals surface area contributed by atoms with Crippen LogP contribution in [-0.4, -0.2) is 11.2 Å². The molecule has 1 nitrogen and oxygen atoms in total. The standard InChI is InChI=1S/C11H10ClNS2/c1-7-10(12)15-11(13-7)8-3-5-9(14-2)6-4-8/h3-6H,1-2H3. The van der Waals surface area contributed by atoms with Gasteiger partial charge in [0, 0.05) is 10.5 Å². The fourth-order valence-corrected chi connectivity index (χ4v) is 2.70. The van der Waals surface area contributed by atoms with E-state index >= 15 is 0 Å². The quantitative estimate of drug-likeness (QED) is 0.733. The van der Waals surface area contributed by atoms with Crippen molar-refractivity contribution in [2.24, 2.45) is 0 Å². The Bertz CT molecular complexity index is 442. The Hall–Kier alpha value is -0.510. The van der Waals surface area contributed by atoms with Crippen LogP contribution < -0.4 is 0 Å². The van der Waals surface area contributed by atoms with Gasteiger partial charge in [0.15, 0.2) is 0 Å². The Morgan fingerprint density at radius 2 is 1.93 bits per heavy atom. The molecule has 0 amide bonds.